The lowest BCUT2D eigenvalue weighted by Crippen LogP contribution is -2.38. The summed E-state index contributed by atoms with van der Waals surface area (Å²) < 4.78 is 33.8. The highest BCUT2D eigenvalue weighted by Crippen LogP contribution is 2.30. The maximum Gasteiger partial charge on any atom is 0.260 e. The van der Waals surface area contributed by atoms with Gasteiger partial charge in [0.15, 0.2) is 6.73 Å². The Morgan fingerprint density at radius 1 is 1.08 bits per heavy atom. The van der Waals surface area contributed by atoms with E-state index in [0.29, 0.717) is 11.3 Å². The Hall–Kier alpha value is -3.98. The maximum atomic E-state index is 14.1. The molecular weight excluding hydrogens is 504 g/mol. The van der Waals surface area contributed by atoms with Crippen molar-refractivity contribution in [3.63, 3.8) is 0 Å². The van der Waals surface area contributed by atoms with Crippen LogP contribution in [0.4, 0.5) is 14.5 Å². The van der Waals surface area contributed by atoms with Crippen LogP contribution in [-0.2, 0) is 17.9 Å². The lowest BCUT2D eigenvalue weighted by Gasteiger charge is -2.29. The van der Waals surface area contributed by atoms with Crippen LogP contribution in [0.3, 0.4) is 0 Å². The molecule has 0 saturated heterocycles. The average Bonchev–Trinajstić information content (AvgIpc) is 2.87. The van der Waals surface area contributed by atoms with E-state index in [1.165, 1.54) is 23.1 Å². The van der Waals surface area contributed by atoms with Crippen molar-refractivity contribution in [2.75, 3.05) is 12.0 Å². The van der Waals surface area contributed by atoms with E-state index in [2.05, 4.69) is 10.6 Å². The number of hydrogen-bond acceptors (Lipinski definition) is 4. The minimum Gasteiger partial charge on any atom is -0.472 e. The Balaban J connectivity index is 1.50. The van der Waals surface area contributed by atoms with Gasteiger partial charge in [-0.05, 0) is 48.0 Å². The van der Waals surface area contributed by atoms with Gasteiger partial charge in [-0.3, -0.25) is 14.4 Å². The average molecular weight is 528 g/mol. The third-order valence-corrected chi connectivity index (χ3v) is 6.14. The predicted octanol–water partition coefficient (Wildman–Crippen LogP) is 5.14. The molecule has 0 aliphatic carbocycles. The molecule has 0 aromatic heterocycles. The Bertz CT molecular complexity index is 1360. The highest BCUT2D eigenvalue weighted by atomic mass is 35.5. The number of halogens is 3. The molecule has 0 unspecified atom stereocenters. The zero-order valence-electron chi connectivity index (χ0n) is 20.1. The summed E-state index contributed by atoms with van der Waals surface area (Å²) in [6, 6.07) is 12.9. The minimum absolute atomic E-state index is 0.117. The molecule has 192 valence electrons. The standard InChI is InChI=1S/C27H24ClF2N3O4/c1-15(2)25(34)31-12-16-6-8-21(28)18(10-16)26(35)32-17-7-9-24-19(11-17)27(36)33(14-37-24)13-20-22(29)4-3-5-23(20)30/h3-11,15H,12-14H2,1-2H3,(H,31,34)(H,32,35). The van der Waals surface area contributed by atoms with E-state index in [9.17, 15) is 23.2 Å². The third-order valence-electron chi connectivity index (χ3n) is 5.81. The number of ether oxygens (including phenoxy) is 1. The van der Waals surface area contributed by atoms with Gasteiger partial charge in [0, 0.05) is 23.7 Å². The summed E-state index contributed by atoms with van der Waals surface area (Å²) in [5.74, 6) is -2.54. The van der Waals surface area contributed by atoms with Crippen molar-refractivity contribution in [1.82, 2.24) is 10.2 Å². The molecule has 37 heavy (non-hydrogen) atoms. The molecule has 1 heterocycles. The van der Waals surface area contributed by atoms with Gasteiger partial charge in [-0.15, -0.1) is 0 Å². The van der Waals surface area contributed by atoms with Crippen LogP contribution in [0.1, 0.15) is 45.7 Å². The first-order chi connectivity index (χ1) is 17.6. The fourth-order valence-electron chi connectivity index (χ4n) is 3.72. The van der Waals surface area contributed by atoms with Gasteiger partial charge in [-0.1, -0.05) is 37.6 Å². The number of nitrogens with zero attached hydrogens (tertiary/aromatic N) is 1. The van der Waals surface area contributed by atoms with Crippen LogP contribution in [0.15, 0.2) is 54.6 Å². The van der Waals surface area contributed by atoms with E-state index in [0.717, 1.165) is 12.1 Å². The van der Waals surface area contributed by atoms with Crippen LogP contribution in [0, 0.1) is 17.6 Å². The molecule has 0 saturated carbocycles. The predicted molar refractivity (Wildman–Crippen MR) is 134 cm³/mol. The molecule has 3 amide bonds. The largest absolute Gasteiger partial charge is 0.472 e. The van der Waals surface area contributed by atoms with Crippen LogP contribution >= 0.6 is 11.6 Å². The molecule has 0 fully saturated rings. The van der Waals surface area contributed by atoms with E-state index in [-0.39, 0.29) is 59.1 Å². The van der Waals surface area contributed by atoms with Gasteiger partial charge in [0.05, 0.1) is 22.7 Å². The molecule has 1 aliphatic heterocycles. The minimum atomic E-state index is -0.762. The number of nitrogens with one attached hydrogen (secondary N) is 2. The van der Waals surface area contributed by atoms with Crippen molar-refractivity contribution in [2.45, 2.75) is 26.9 Å². The van der Waals surface area contributed by atoms with Crippen LogP contribution in [0.2, 0.25) is 5.02 Å². The Morgan fingerprint density at radius 3 is 2.51 bits per heavy atom. The van der Waals surface area contributed by atoms with Crippen LogP contribution in [0.5, 0.6) is 5.75 Å². The molecule has 0 spiro atoms. The van der Waals surface area contributed by atoms with Crippen LogP contribution < -0.4 is 15.4 Å². The number of anilines is 1. The highest BCUT2D eigenvalue weighted by molar-refractivity contribution is 6.34. The van der Waals surface area contributed by atoms with E-state index in [1.807, 2.05) is 0 Å². The number of hydrogen-bond donors (Lipinski definition) is 2. The topological polar surface area (TPSA) is 87.7 Å². The SMILES string of the molecule is CC(C)C(=O)NCc1ccc(Cl)c(C(=O)Nc2ccc3c(c2)C(=O)N(Cc2c(F)cccc2F)CO3)c1. The van der Waals surface area contributed by atoms with E-state index in [1.54, 1.807) is 38.1 Å². The number of benzene rings is 3. The molecule has 1 aliphatic rings. The first kappa shape index (κ1) is 26.1. The van der Waals surface area contributed by atoms with Crippen molar-refractivity contribution in [3.8, 4) is 5.75 Å². The molecule has 2 N–H and O–H groups in total. The van der Waals surface area contributed by atoms with Crippen molar-refractivity contribution < 1.29 is 27.9 Å². The fraction of sp³-hybridized carbons (Fsp3) is 0.222. The summed E-state index contributed by atoms with van der Waals surface area (Å²) in [4.78, 5) is 39.0. The summed E-state index contributed by atoms with van der Waals surface area (Å²) in [6.07, 6.45) is 0. The number of carbonyl (C=O) groups is 3. The number of rotatable bonds is 7. The van der Waals surface area contributed by atoms with E-state index < -0.39 is 23.4 Å². The second-order valence-electron chi connectivity index (χ2n) is 8.83. The summed E-state index contributed by atoms with van der Waals surface area (Å²) in [6.45, 7) is 3.30. The van der Waals surface area contributed by atoms with Gasteiger partial charge in [0.25, 0.3) is 11.8 Å². The molecule has 0 radical (unpaired) electrons. The van der Waals surface area contributed by atoms with Gasteiger partial charge >= 0.3 is 0 Å². The van der Waals surface area contributed by atoms with E-state index >= 15 is 0 Å². The van der Waals surface area contributed by atoms with Crippen molar-refractivity contribution >= 4 is 35.0 Å². The van der Waals surface area contributed by atoms with Gasteiger partial charge in [-0.25, -0.2) is 8.78 Å². The zero-order chi connectivity index (χ0) is 26.7. The molecule has 0 bridgehead atoms. The highest BCUT2D eigenvalue weighted by Gasteiger charge is 2.28. The zero-order valence-corrected chi connectivity index (χ0v) is 20.9. The lowest BCUT2D eigenvalue weighted by atomic mass is 10.1. The Kier molecular flexibility index (Phi) is 7.73. The number of amides is 3. The quantitative estimate of drug-likeness (QED) is 0.445. The molecule has 3 aromatic carbocycles. The monoisotopic (exact) mass is 527 g/mol. The summed E-state index contributed by atoms with van der Waals surface area (Å²) in [5, 5.41) is 5.70. The molecule has 7 nitrogen and oxygen atoms in total. The number of carbonyl (C=O) groups excluding carboxylic acids is 3. The molecular formula is C27H24ClF2N3O4. The smallest absolute Gasteiger partial charge is 0.260 e. The first-order valence-electron chi connectivity index (χ1n) is 11.5. The second kappa shape index (κ2) is 11.0. The summed E-state index contributed by atoms with van der Waals surface area (Å²) in [7, 11) is 0. The molecule has 4 rings (SSSR count). The fourth-order valence-corrected chi connectivity index (χ4v) is 3.92. The molecule has 10 heteroatoms. The van der Waals surface area contributed by atoms with Crippen molar-refractivity contribution in [3.05, 3.63) is 93.5 Å². The molecule has 3 aromatic rings. The third kappa shape index (κ3) is 5.89. The maximum absolute atomic E-state index is 14.1. The Morgan fingerprint density at radius 2 is 1.81 bits per heavy atom. The molecule has 0 atom stereocenters. The van der Waals surface area contributed by atoms with Crippen molar-refractivity contribution in [1.29, 1.82) is 0 Å². The first-order valence-corrected chi connectivity index (χ1v) is 11.9. The Labute approximate surface area is 217 Å². The normalized spacial score (nSPS) is 12.7. The lowest BCUT2D eigenvalue weighted by molar-refractivity contribution is -0.124. The van der Waals surface area contributed by atoms with Crippen LogP contribution in [0.25, 0.3) is 0 Å². The van der Waals surface area contributed by atoms with Crippen molar-refractivity contribution in [2.24, 2.45) is 5.92 Å². The van der Waals surface area contributed by atoms with Gasteiger partial charge < -0.3 is 20.3 Å². The summed E-state index contributed by atoms with van der Waals surface area (Å²) in [5.41, 5.74) is 1.07. The number of fused-ring (bicyclic) bond motifs is 1. The second-order valence-corrected chi connectivity index (χ2v) is 9.24. The van der Waals surface area contributed by atoms with Gasteiger partial charge in [-0.2, -0.15) is 0 Å². The van der Waals surface area contributed by atoms with Gasteiger partial charge in [0.1, 0.15) is 17.4 Å². The van der Waals surface area contributed by atoms with Gasteiger partial charge in [0.2, 0.25) is 5.91 Å². The van der Waals surface area contributed by atoms with E-state index in [4.69, 9.17) is 16.3 Å². The summed E-state index contributed by atoms with van der Waals surface area (Å²) >= 11 is 6.24. The van der Waals surface area contributed by atoms with Crippen LogP contribution in [-0.4, -0.2) is 29.4 Å².